The van der Waals surface area contributed by atoms with Crippen LogP contribution in [0.4, 0.5) is 5.69 Å². The van der Waals surface area contributed by atoms with Crippen molar-refractivity contribution >= 4 is 17.7 Å². The number of phenolic OH excluding ortho intramolecular Hbond substituents is 1. The fourth-order valence-corrected chi connectivity index (χ4v) is 2.49. The first-order valence-electron chi connectivity index (χ1n) is 7.20. The van der Waals surface area contributed by atoms with Gasteiger partial charge >= 0.3 is 0 Å². The van der Waals surface area contributed by atoms with E-state index in [9.17, 15) is 15.2 Å². The van der Waals surface area contributed by atoms with E-state index in [1.807, 2.05) is 39.0 Å². The predicted molar refractivity (Wildman–Crippen MR) is 91.0 cm³/mol. The lowest BCUT2D eigenvalue weighted by molar-refractivity contribution is -0.112. The number of benzene rings is 2. The van der Waals surface area contributed by atoms with Crippen molar-refractivity contribution in [2.45, 2.75) is 20.8 Å². The number of hydrogen-bond donors (Lipinski definition) is 2. The van der Waals surface area contributed by atoms with Gasteiger partial charge in [-0.05, 0) is 55.7 Å². The zero-order valence-corrected chi connectivity index (χ0v) is 13.3. The zero-order chi connectivity index (χ0) is 17.0. The van der Waals surface area contributed by atoms with Crippen molar-refractivity contribution in [3.63, 3.8) is 0 Å². The van der Waals surface area contributed by atoms with Gasteiger partial charge in [0, 0.05) is 5.69 Å². The van der Waals surface area contributed by atoms with Gasteiger partial charge in [0.15, 0.2) is 0 Å². The van der Waals surface area contributed by atoms with Gasteiger partial charge in [-0.25, -0.2) is 0 Å². The zero-order valence-electron chi connectivity index (χ0n) is 13.3. The molecule has 0 aromatic heterocycles. The molecule has 4 heteroatoms. The summed E-state index contributed by atoms with van der Waals surface area (Å²) in [6.45, 7) is 5.83. The summed E-state index contributed by atoms with van der Waals surface area (Å²) in [5.41, 5.74) is 4.31. The Bertz CT molecular complexity index is 806. The second-order valence-corrected chi connectivity index (χ2v) is 5.49. The van der Waals surface area contributed by atoms with Gasteiger partial charge < -0.3 is 10.4 Å². The van der Waals surface area contributed by atoms with Crippen LogP contribution >= 0.6 is 0 Å². The lowest BCUT2D eigenvalue weighted by Crippen LogP contribution is -2.15. The molecule has 0 aliphatic carbocycles. The van der Waals surface area contributed by atoms with Gasteiger partial charge in [-0.3, -0.25) is 4.79 Å². The first-order chi connectivity index (χ1) is 10.9. The van der Waals surface area contributed by atoms with Gasteiger partial charge in [-0.2, -0.15) is 5.26 Å². The first kappa shape index (κ1) is 16.3. The van der Waals surface area contributed by atoms with E-state index in [0.29, 0.717) is 5.56 Å². The fourth-order valence-electron chi connectivity index (χ4n) is 2.49. The Morgan fingerprint density at radius 3 is 2.39 bits per heavy atom. The minimum atomic E-state index is -0.467. The maximum atomic E-state index is 12.4. The molecule has 2 N–H and O–H groups in total. The van der Waals surface area contributed by atoms with Crippen molar-refractivity contribution in [1.82, 2.24) is 0 Å². The lowest BCUT2D eigenvalue weighted by atomic mass is 10.0. The van der Waals surface area contributed by atoms with Gasteiger partial charge in [-0.1, -0.05) is 29.8 Å². The molecular weight excluding hydrogens is 288 g/mol. The van der Waals surface area contributed by atoms with Crippen molar-refractivity contribution in [3.05, 3.63) is 64.2 Å². The van der Waals surface area contributed by atoms with Crippen LogP contribution in [0.5, 0.6) is 5.75 Å². The number of aromatic hydroxyl groups is 1. The van der Waals surface area contributed by atoms with Gasteiger partial charge in [0.05, 0.1) is 0 Å². The van der Waals surface area contributed by atoms with Crippen LogP contribution in [0.3, 0.4) is 0 Å². The summed E-state index contributed by atoms with van der Waals surface area (Å²) in [7, 11) is 0. The third-order valence-electron chi connectivity index (χ3n) is 3.46. The number of nitrogens with one attached hydrogen (secondary N) is 1. The molecule has 0 bridgehead atoms. The highest BCUT2D eigenvalue weighted by molar-refractivity contribution is 6.10. The fraction of sp³-hybridized carbons (Fsp3) is 0.158. The van der Waals surface area contributed by atoms with Gasteiger partial charge in [-0.15, -0.1) is 0 Å². The summed E-state index contributed by atoms with van der Waals surface area (Å²) in [5.74, 6) is -0.382. The number of carbonyl (C=O) groups is 1. The molecule has 0 aliphatic rings. The number of carbonyl (C=O) groups excluding carboxylic acids is 1. The molecule has 116 valence electrons. The molecule has 0 atom stereocenters. The highest BCUT2D eigenvalue weighted by atomic mass is 16.3. The van der Waals surface area contributed by atoms with Crippen LogP contribution in [0, 0.1) is 32.1 Å². The SMILES string of the molecule is Cc1cc(C)c(NC(=O)/C(C#N)=C/c2cccc(O)c2)c(C)c1. The minimum Gasteiger partial charge on any atom is -0.508 e. The van der Waals surface area contributed by atoms with Crippen LogP contribution < -0.4 is 5.32 Å². The Morgan fingerprint density at radius 1 is 1.17 bits per heavy atom. The molecule has 0 aliphatic heterocycles. The Balaban J connectivity index is 2.30. The number of phenols is 1. The summed E-state index contributed by atoms with van der Waals surface area (Å²) in [6, 6.07) is 12.3. The van der Waals surface area contributed by atoms with Crippen LogP contribution in [-0.2, 0) is 4.79 Å². The average Bonchev–Trinajstić information content (AvgIpc) is 2.48. The summed E-state index contributed by atoms with van der Waals surface area (Å²) in [5, 5.41) is 21.5. The molecule has 2 aromatic carbocycles. The molecule has 4 nitrogen and oxygen atoms in total. The minimum absolute atomic E-state index is 0.0185. The van der Waals surface area contributed by atoms with Gasteiger partial charge in [0.1, 0.15) is 17.4 Å². The van der Waals surface area contributed by atoms with E-state index in [1.165, 1.54) is 18.2 Å². The van der Waals surface area contributed by atoms with E-state index < -0.39 is 5.91 Å². The number of aryl methyl sites for hydroxylation is 3. The van der Waals surface area contributed by atoms with Gasteiger partial charge in [0.2, 0.25) is 0 Å². The Labute approximate surface area is 135 Å². The van der Waals surface area contributed by atoms with E-state index in [4.69, 9.17) is 0 Å². The van der Waals surface area contributed by atoms with Crippen molar-refractivity contribution in [2.75, 3.05) is 5.32 Å². The second kappa shape index (κ2) is 6.80. The number of amides is 1. The number of nitriles is 1. The predicted octanol–water partition coefficient (Wildman–Crippen LogP) is 3.86. The maximum Gasteiger partial charge on any atom is 0.266 e. The molecule has 2 rings (SSSR count). The smallest absolute Gasteiger partial charge is 0.266 e. The molecule has 0 heterocycles. The molecule has 0 saturated heterocycles. The molecule has 1 amide bonds. The van der Waals surface area contributed by atoms with E-state index in [0.717, 1.165) is 22.4 Å². The molecule has 0 unspecified atom stereocenters. The Morgan fingerprint density at radius 2 is 1.83 bits per heavy atom. The maximum absolute atomic E-state index is 12.4. The number of anilines is 1. The number of hydrogen-bond acceptors (Lipinski definition) is 3. The average molecular weight is 306 g/mol. The van der Waals surface area contributed by atoms with Crippen LogP contribution in [0.2, 0.25) is 0 Å². The standard InChI is InChI=1S/C19H18N2O2/c1-12-7-13(2)18(14(3)8-12)21-19(23)16(11-20)9-15-5-4-6-17(22)10-15/h4-10,22H,1-3H3,(H,21,23)/b16-9+. The van der Waals surface area contributed by atoms with Crippen LogP contribution in [0.1, 0.15) is 22.3 Å². The second-order valence-electron chi connectivity index (χ2n) is 5.49. The highest BCUT2D eigenvalue weighted by Gasteiger charge is 2.13. The van der Waals surface area contributed by atoms with E-state index in [2.05, 4.69) is 5.32 Å². The van der Waals surface area contributed by atoms with E-state index in [-0.39, 0.29) is 11.3 Å². The van der Waals surface area contributed by atoms with E-state index >= 15 is 0 Å². The molecule has 0 spiro atoms. The van der Waals surface area contributed by atoms with Gasteiger partial charge in [0.25, 0.3) is 5.91 Å². The molecule has 0 fully saturated rings. The summed E-state index contributed by atoms with van der Waals surface area (Å²) >= 11 is 0. The Kier molecular flexibility index (Phi) is 4.82. The topological polar surface area (TPSA) is 73.1 Å². The van der Waals surface area contributed by atoms with E-state index in [1.54, 1.807) is 12.1 Å². The first-order valence-corrected chi connectivity index (χ1v) is 7.20. The third-order valence-corrected chi connectivity index (χ3v) is 3.46. The molecule has 0 radical (unpaired) electrons. The van der Waals surface area contributed by atoms with Crippen LogP contribution in [-0.4, -0.2) is 11.0 Å². The molecular formula is C19H18N2O2. The molecule has 23 heavy (non-hydrogen) atoms. The van der Waals surface area contributed by atoms with Crippen molar-refractivity contribution in [2.24, 2.45) is 0 Å². The van der Waals surface area contributed by atoms with Crippen molar-refractivity contribution < 1.29 is 9.90 Å². The Hall–Kier alpha value is -3.06. The quantitative estimate of drug-likeness (QED) is 0.668. The van der Waals surface area contributed by atoms with Crippen LogP contribution in [0.25, 0.3) is 6.08 Å². The van der Waals surface area contributed by atoms with Crippen molar-refractivity contribution in [3.8, 4) is 11.8 Å². The van der Waals surface area contributed by atoms with Crippen molar-refractivity contribution in [1.29, 1.82) is 5.26 Å². The number of rotatable bonds is 3. The monoisotopic (exact) mass is 306 g/mol. The summed E-state index contributed by atoms with van der Waals surface area (Å²) < 4.78 is 0. The third kappa shape index (κ3) is 3.98. The molecule has 0 saturated carbocycles. The lowest BCUT2D eigenvalue weighted by Gasteiger charge is -2.12. The summed E-state index contributed by atoms with van der Waals surface area (Å²) in [6.07, 6.45) is 1.45. The largest absolute Gasteiger partial charge is 0.508 e. The number of nitrogens with zero attached hydrogens (tertiary/aromatic N) is 1. The molecule has 2 aromatic rings. The highest BCUT2D eigenvalue weighted by Crippen LogP contribution is 2.23. The normalized spacial score (nSPS) is 11.0. The summed E-state index contributed by atoms with van der Waals surface area (Å²) in [4.78, 5) is 12.4. The van der Waals surface area contributed by atoms with Crippen LogP contribution in [0.15, 0.2) is 42.0 Å².